The molecule has 0 atom stereocenters. The predicted octanol–water partition coefficient (Wildman–Crippen LogP) is 6.50. The summed E-state index contributed by atoms with van der Waals surface area (Å²) in [4.78, 5) is 0. The molecule has 124 valence electrons. The minimum atomic E-state index is 0.712. The zero-order chi connectivity index (χ0) is 17.5. The van der Waals surface area contributed by atoms with Crippen molar-refractivity contribution < 1.29 is 4.42 Å². The Balaban J connectivity index is 1.76. The fourth-order valence-electron chi connectivity index (χ4n) is 3.58. The Morgan fingerprint density at radius 1 is 0.577 bits per heavy atom. The van der Waals surface area contributed by atoms with E-state index in [-0.39, 0.29) is 0 Å². The molecule has 0 unspecified atom stereocenters. The van der Waals surface area contributed by atoms with E-state index < -0.39 is 0 Å². The summed E-state index contributed by atoms with van der Waals surface area (Å²) in [5.41, 5.74) is 13.1. The molecule has 1 aromatic heterocycles. The summed E-state index contributed by atoms with van der Waals surface area (Å²) in [5, 5.41) is 2.22. The lowest BCUT2D eigenvalue weighted by molar-refractivity contribution is 0.669. The summed E-state index contributed by atoms with van der Waals surface area (Å²) >= 11 is 0. The van der Waals surface area contributed by atoms with Crippen LogP contribution in [0.1, 0.15) is 0 Å². The number of fused-ring (bicyclic) bond motifs is 3. The van der Waals surface area contributed by atoms with Crippen LogP contribution in [0.3, 0.4) is 0 Å². The van der Waals surface area contributed by atoms with E-state index in [0.29, 0.717) is 5.69 Å². The first-order valence-electron chi connectivity index (χ1n) is 8.66. The van der Waals surface area contributed by atoms with Crippen molar-refractivity contribution >= 4 is 27.6 Å². The summed E-state index contributed by atoms with van der Waals surface area (Å²) in [6, 6.07) is 31.1. The van der Waals surface area contributed by atoms with Gasteiger partial charge in [-0.3, -0.25) is 0 Å². The predicted molar refractivity (Wildman–Crippen MR) is 109 cm³/mol. The molecular formula is C24H17NO. The van der Waals surface area contributed by atoms with Crippen LogP contribution in [0.4, 0.5) is 5.69 Å². The average Bonchev–Trinajstić information content (AvgIpc) is 3.06. The van der Waals surface area contributed by atoms with Gasteiger partial charge < -0.3 is 10.2 Å². The summed E-state index contributed by atoms with van der Waals surface area (Å²) in [7, 11) is 0. The van der Waals surface area contributed by atoms with Crippen LogP contribution in [0.5, 0.6) is 0 Å². The summed E-state index contributed by atoms with van der Waals surface area (Å²) in [5.74, 6) is 0. The second-order valence-electron chi connectivity index (χ2n) is 6.48. The lowest BCUT2D eigenvalue weighted by Gasteiger charge is -2.07. The molecule has 0 aliphatic heterocycles. The number of benzene rings is 4. The molecule has 0 saturated heterocycles. The van der Waals surface area contributed by atoms with Crippen LogP contribution in [-0.4, -0.2) is 0 Å². The number of nitrogen functional groups attached to an aromatic ring is 1. The van der Waals surface area contributed by atoms with Crippen molar-refractivity contribution in [2.45, 2.75) is 0 Å². The average molecular weight is 335 g/mol. The molecule has 0 radical (unpaired) electrons. The second kappa shape index (κ2) is 5.78. The highest BCUT2D eigenvalue weighted by atomic mass is 16.3. The number of furan rings is 1. The van der Waals surface area contributed by atoms with E-state index in [9.17, 15) is 0 Å². The number of hydrogen-bond acceptors (Lipinski definition) is 2. The van der Waals surface area contributed by atoms with Crippen LogP contribution in [0.25, 0.3) is 44.2 Å². The normalized spacial score (nSPS) is 11.2. The van der Waals surface area contributed by atoms with Gasteiger partial charge in [-0.15, -0.1) is 0 Å². The van der Waals surface area contributed by atoms with Gasteiger partial charge in [0.15, 0.2) is 0 Å². The van der Waals surface area contributed by atoms with Gasteiger partial charge in [0.25, 0.3) is 0 Å². The van der Waals surface area contributed by atoms with Crippen molar-refractivity contribution in [3.8, 4) is 22.3 Å². The lowest BCUT2D eigenvalue weighted by Crippen LogP contribution is -1.83. The zero-order valence-corrected chi connectivity index (χ0v) is 14.1. The van der Waals surface area contributed by atoms with Crippen molar-refractivity contribution in [1.29, 1.82) is 0 Å². The van der Waals surface area contributed by atoms with Gasteiger partial charge in [-0.05, 0) is 46.5 Å². The third-order valence-corrected chi connectivity index (χ3v) is 4.80. The maximum atomic E-state index is 6.03. The maximum Gasteiger partial charge on any atom is 0.137 e. The minimum Gasteiger partial charge on any atom is -0.456 e. The van der Waals surface area contributed by atoms with Crippen molar-refractivity contribution in [3.63, 3.8) is 0 Å². The van der Waals surface area contributed by atoms with Gasteiger partial charge >= 0.3 is 0 Å². The molecule has 26 heavy (non-hydrogen) atoms. The van der Waals surface area contributed by atoms with Crippen LogP contribution in [0, 0.1) is 0 Å². The van der Waals surface area contributed by atoms with E-state index >= 15 is 0 Å². The van der Waals surface area contributed by atoms with Crippen LogP contribution >= 0.6 is 0 Å². The van der Waals surface area contributed by atoms with Gasteiger partial charge in [0, 0.05) is 22.5 Å². The monoisotopic (exact) mass is 335 g/mol. The molecule has 0 aliphatic carbocycles. The van der Waals surface area contributed by atoms with Crippen LogP contribution in [0.2, 0.25) is 0 Å². The third kappa shape index (κ3) is 2.35. The molecule has 2 nitrogen and oxygen atoms in total. The highest BCUT2D eigenvalue weighted by molar-refractivity contribution is 6.13. The first-order valence-corrected chi connectivity index (χ1v) is 8.66. The molecule has 0 amide bonds. The molecular weight excluding hydrogens is 318 g/mol. The van der Waals surface area contributed by atoms with Crippen LogP contribution in [-0.2, 0) is 0 Å². The van der Waals surface area contributed by atoms with Gasteiger partial charge in [0.05, 0.1) is 0 Å². The van der Waals surface area contributed by atoms with Crippen molar-refractivity contribution in [1.82, 2.24) is 0 Å². The Labute approximate surface area is 151 Å². The first-order chi connectivity index (χ1) is 12.8. The van der Waals surface area contributed by atoms with E-state index in [1.807, 2.05) is 36.4 Å². The molecule has 0 fully saturated rings. The van der Waals surface area contributed by atoms with E-state index in [4.69, 9.17) is 10.2 Å². The Hall–Kier alpha value is -3.52. The van der Waals surface area contributed by atoms with Gasteiger partial charge in [-0.25, -0.2) is 0 Å². The van der Waals surface area contributed by atoms with E-state index in [1.54, 1.807) is 0 Å². The first kappa shape index (κ1) is 14.8. The Morgan fingerprint density at radius 2 is 1.35 bits per heavy atom. The van der Waals surface area contributed by atoms with E-state index in [2.05, 4.69) is 54.6 Å². The molecule has 0 aliphatic rings. The number of hydrogen-bond donors (Lipinski definition) is 1. The summed E-state index contributed by atoms with van der Waals surface area (Å²) < 4.78 is 6.03. The smallest absolute Gasteiger partial charge is 0.137 e. The second-order valence-corrected chi connectivity index (χ2v) is 6.48. The van der Waals surface area contributed by atoms with Crippen molar-refractivity contribution in [2.75, 3.05) is 5.73 Å². The SMILES string of the molecule is Nc1ccc2c(c1)oc1cccc(-c3cccc(-c4ccccc4)c3)c12. The quantitative estimate of drug-likeness (QED) is 0.374. The molecule has 0 bridgehead atoms. The number of rotatable bonds is 2. The number of anilines is 1. The standard InChI is InChI=1S/C24H17NO/c25-19-12-13-21-23(15-19)26-22-11-5-10-20(24(21)22)18-9-4-8-17(14-18)16-6-2-1-3-7-16/h1-15H,25H2. The van der Waals surface area contributed by atoms with Gasteiger partial charge in [0.2, 0.25) is 0 Å². The van der Waals surface area contributed by atoms with Gasteiger partial charge in [0.1, 0.15) is 11.2 Å². The Morgan fingerprint density at radius 3 is 2.23 bits per heavy atom. The van der Waals surface area contributed by atoms with Crippen LogP contribution < -0.4 is 5.73 Å². The van der Waals surface area contributed by atoms with E-state index in [1.165, 1.54) is 22.3 Å². The zero-order valence-electron chi connectivity index (χ0n) is 14.1. The summed E-state index contributed by atoms with van der Waals surface area (Å²) in [6.07, 6.45) is 0. The van der Waals surface area contributed by atoms with E-state index in [0.717, 1.165) is 21.9 Å². The molecule has 5 rings (SSSR count). The molecule has 5 aromatic rings. The maximum absolute atomic E-state index is 6.03. The Bertz CT molecular complexity index is 1240. The summed E-state index contributed by atoms with van der Waals surface area (Å²) in [6.45, 7) is 0. The topological polar surface area (TPSA) is 39.2 Å². The molecule has 0 spiro atoms. The minimum absolute atomic E-state index is 0.712. The largest absolute Gasteiger partial charge is 0.456 e. The van der Waals surface area contributed by atoms with Gasteiger partial charge in [-0.1, -0.05) is 60.7 Å². The van der Waals surface area contributed by atoms with Crippen molar-refractivity contribution in [2.24, 2.45) is 0 Å². The fraction of sp³-hybridized carbons (Fsp3) is 0. The Kier molecular flexibility index (Phi) is 3.29. The number of nitrogens with two attached hydrogens (primary N) is 1. The van der Waals surface area contributed by atoms with Crippen LogP contribution in [0.15, 0.2) is 95.4 Å². The van der Waals surface area contributed by atoms with Gasteiger partial charge in [-0.2, -0.15) is 0 Å². The molecule has 4 aromatic carbocycles. The third-order valence-electron chi connectivity index (χ3n) is 4.80. The molecule has 0 saturated carbocycles. The lowest BCUT2D eigenvalue weighted by atomic mass is 9.96. The highest BCUT2D eigenvalue weighted by Crippen LogP contribution is 2.38. The fourth-order valence-corrected chi connectivity index (χ4v) is 3.58. The van der Waals surface area contributed by atoms with Crippen molar-refractivity contribution in [3.05, 3.63) is 91.0 Å². The highest BCUT2D eigenvalue weighted by Gasteiger charge is 2.13. The molecule has 2 N–H and O–H groups in total. The molecule has 2 heteroatoms. The molecule has 1 heterocycles.